The molecule has 2 aromatic carbocycles. The molecule has 3 rings (SSSR count). The molecule has 2 aromatic rings. The number of rotatable bonds is 2. The highest BCUT2D eigenvalue weighted by Crippen LogP contribution is 2.33. The molecule has 0 radical (unpaired) electrons. The smallest absolute Gasteiger partial charge is 0.0991 e. The molecule has 1 aliphatic heterocycles. The molecule has 0 spiro atoms. The van der Waals surface area contributed by atoms with E-state index in [2.05, 4.69) is 36.1 Å². The zero-order chi connectivity index (χ0) is 14.1. The van der Waals surface area contributed by atoms with Crippen molar-refractivity contribution < 1.29 is 0 Å². The minimum absolute atomic E-state index is 0.713. The van der Waals surface area contributed by atoms with Gasteiger partial charge in [0.15, 0.2) is 0 Å². The van der Waals surface area contributed by atoms with E-state index in [1.165, 1.54) is 11.3 Å². The lowest BCUT2D eigenvalue weighted by atomic mass is 10.1. The zero-order valence-electron chi connectivity index (χ0n) is 11.6. The van der Waals surface area contributed by atoms with Crippen LogP contribution in [0.2, 0.25) is 0 Å². The number of nitrogens with two attached hydrogens (primary N) is 1. The molecular weight excluding hydrogens is 246 g/mol. The summed E-state index contributed by atoms with van der Waals surface area (Å²) in [6.45, 7) is 3.88. The fraction of sp³-hybridized carbons (Fsp3) is 0.235. The molecule has 0 saturated heterocycles. The summed E-state index contributed by atoms with van der Waals surface area (Å²) in [5, 5.41) is 8.97. The van der Waals surface area contributed by atoms with Gasteiger partial charge in [0, 0.05) is 24.5 Å². The van der Waals surface area contributed by atoms with Gasteiger partial charge in [-0.3, -0.25) is 0 Å². The van der Waals surface area contributed by atoms with Crippen LogP contribution in [-0.4, -0.2) is 6.54 Å². The summed E-state index contributed by atoms with van der Waals surface area (Å²) in [5.74, 6) is 0. The van der Waals surface area contributed by atoms with E-state index in [9.17, 15) is 0 Å². The van der Waals surface area contributed by atoms with Gasteiger partial charge < -0.3 is 10.6 Å². The summed E-state index contributed by atoms with van der Waals surface area (Å²) in [6, 6.07) is 14.3. The molecule has 20 heavy (non-hydrogen) atoms. The van der Waals surface area contributed by atoms with E-state index in [1.807, 2.05) is 18.2 Å². The molecule has 0 aromatic heterocycles. The predicted molar refractivity (Wildman–Crippen MR) is 81.5 cm³/mol. The molecule has 1 heterocycles. The molecular formula is C17H17N3. The molecule has 3 heteroatoms. The summed E-state index contributed by atoms with van der Waals surface area (Å²) < 4.78 is 0. The quantitative estimate of drug-likeness (QED) is 0.847. The second kappa shape index (κ2) is 4.90. The standard InChI is InChI=1S/C17H17N3/c1-12-7-15-5-6-20(17(15)9-16(12)19)11-14-4-2-3-13(8-14)10-18/h2-4,7-9H,5-6,11,19H2,1H3. The van der Waals surface area contributed by atoms with Gasteiger partial charge in [-0.25, -0.2) is 0 Å². The van der Waals surface area contributed by atoms with Crippen molar-refractivity contribution in [3.8, 4) is 6.07 Å². The summed E-state index contributed by atoms with van der Waals surface area (Å²) in [4.78, 5) is 2.33. The monoisotopic (exact) mass is 263 g/mol. The SMILES string of the molecule is Cc1cc2c(cc1N)N(Cc1cccc(C#N)c1)CC2. The van der Waals surface area contributed by atoms with Crippen molar-refractivity contribution in [1.29, 1.82) is 5.26 Å². The molecule has 0 aliphatic carbocycles. The molecule has 100 valence electrons. The summed E-state index contributed by atoms with van der Waals surface area (Å²) in [5.41, 5.74) is 12.5. The van der Waals surface area contributed by atoms with Gasteiger partial charge in [-0.1, -0.05) is 18.2 Å². The van der Waals surface area contributed by atoms with Crippen molar-refractivity contribution in [2.75, 3.05) is 17.2 Å². The Labute approximate surface area is 119 Å². The Morgan fingerprint density at radius 2 is 2.15 bits per heavy atom. The average Bonchev–Trinajstić information content (AvgIpc) is 2.82. The lowest BCUT2D eigenvalue weighted by molar-refractivity contribution is 0.836. The lowest BCUT2D eigenvalue weighted by Gasteiger charge is -2.20. The van der Waals surface area contributed by atoms with E-state index < -0.39 is 0 Å². The van der Waals surface area contributed by atoms with Gasteiger partial charge in [-0.2, -0.15) is 5.26 Å². The second-order valence-corrected chi connectivity index (χ2v) is 5.32. The number of aryl methyl sites for hydroxylation is 1. The number of benzene rings is 2. The number of nitriles is 1. The molecule has 0 amide bonds. The van der Waals surface area contributed by atoms with Crippen LogP contribution in [0.15, 0.2) is 36.4 Å². The maximum absolute atomic E-state index is 8.97. The number of hydrogen-bond donors (Lipinski definition) is 1. The van der Waals surface area contributed by atoms with Crippen molar-refractivity contribution in [1.82, 2.24) is 0 Å². The van der Waals surface area contributed by atoms with Crippen molar-refractivity contribution in [3.63, 3.8) is 0 Å². The molecule has 1 aliphatic rings. The third-order valence-electron chi connectivity index (χ3n) is 3.89. The van der Waals surface area contributed by atoms with Gasteiger partial charge in [0.25, 0.3) is 0 Å². The fourth-order valence-electron chi connectivity index (χ4n) is 2.77. The Kier molecular flexibility index (Phi) is 3.08. The first-order valence-electron chi connectivity index (χ1n) is 6.80. The third-order valence-corrected chi connectivity index (χ3v) is 3.89. The van der Waals surface area contributed by atoms with Gasteiger partial charge >= 0.3 is 0 Å². The topological polar surface area (TPSA) is 53.0 Å². The van der Waals surface area contributed by atoms with Crippen LogP contribution >= 0.6 is 0 Å². The van der Waals surface area contributed by atoms with Gasteiger partial charge in [0.1, 0.15) is 0 Å². The number of fused-ring (bicyclic) bond motifs is 1. The first-order valence-corrected chi connectivity index (χ1v) is 6.80. The largest absolute Gasteiger partial charge is 0.398 e. The summed E-state index contributed by atoms with van der Waals surface area (Å²) in [7, 11) is 0. The van der Waals surface area contributed by atoms with Crippen LogP contribution < -0.4 is 10.6 Å². The van der Waals surface area contributed by atoms with E-state index in [0.717, 1.165) is 36.3 Å². The van der Waals surface area contributed by atoms with Crippen LogP contribution in [0.1, 0.15) is 22.3 Å². The molecule has 0 saturated carbocycles. The van der Waals surface area contributed by atoms with Crippen LogP contribution in [-0.2, 0) is 13.0 Å². The molecule has 3 nitrogen and oxygen atoms in total. The fourth-order valence-corrected chi connectivity index (χ4v) is 2.77. The van der Waals surface area contributed by atoms with Crippen LogP contribution in [0.3, 0.4) is 0 Å². The van der Waals surface area contributed by atoms with Crippen LogP contribution in [0.25, 0.3) is 0 Å². The zero-order valence-corrected chi connectivity index (χ0v) is 11.6. The van der Waals surface area contributed by atoms with Gasteiger partial charge in [-0.05, 0) is 48.2 Å². The molecule has 2 N–H and O–H groups in total. The van der Waals surface area contributed by atoms with Crippen LogP contribution in [0.5, 0.6) is 0 Å². The van der Waals surface area contributed by atoms with Gasteiger partial charge in [0.05, 0.1) is 11.6 Å². The summed E-state index contributed by atoms with van der Waals surface area (Å²) >= 11 is 0. The minimum Gasteiger partial charge on any atom is -0.398 e. The second-order valence-electron chi connectivity index (χ2n) is 5.32. The highest BCUT2D eigenvalue weighted by atomic mass is 15.1. The molecule has 0 bridgehead atoms. The van der Waals surface area contributed by atoms with Crippen molar-refractivity contribution >= 4 is 11.4 Å². The molecule has 0 atom stereocenters. The highest BCUT2D eigenvalue weighted by Gasteiger charge is 2.20. The Morgan fingerprint density at radius 1 is 1.30 bits per heavy atom. The van der Waals surface area contributed by atoms with Crippen molar-refractivity contribution in [2.24, 2.45) is 0 Å². The number of anilines is 2. The Bertz CT molecular complexity index is 698. The maximum atomic E-state index is 8.97. The molecule has 0 fully saturated rings. The van der Waals surface area contributed by atoms with Crippen LogP contribution in [0.4, 0.5) is 11.4 Å². The van der Waals surface area contributed by atoms with E-state index in [1.54, 1.807) is 0 Å². The first-order chi connectivity index (χ1) is 9.67. The first kappa shape index (κ1) is 12.6. The average molecular weight is 263 g/mol. The normalized spacial score (nSPS) is 13.1. The summed E-state index contributed by atoms with van der Waals surface area (Å²) in [6.07, 6.45) is 1.06. The Morgan fingerprint density at radius 3 is 2.95 bits per heavy atom. The lowest BCUT2D eigenvalue weighted by Crippen LogP contribution is -2.19. The third kappa shape index (κ3) is 2.21. The number of nitrogen functional groups attached to an aromatic ring is 1. The van der Waals surface area contributed by atoms with Crippen LogP contribution in [0, 0.1) is 18.3 Å². The Balaban J connectivity index is 1.88. The minimum atomic E-state index is 0.713. The van der Waals surface area contributed by atoms with E-state index in [4.69, 9.17) is 11.0 Å². The molecule has 0 unspecified atom stereocenters. The maximum Gasteiger partial charge on any atom is 0.0991 e. The van der Waals surface area contributed by atoms with E-state index in [0.29, 0.717) is 5.56 Å². The van der Waals surface area contributed by atoms with E-state index in [-0.39, 0.29) is 0 Å². The van der Waals surface area contributed by atoms with Gasteiger partial charge in [0.2, 0.25) is 0 Å². The number of nitrogens with zero attached hydrogens (tertiary/aromatic N) is 2. The van der Waals surface area contributed by atoms with Crippen molar-refractivity contribution in [3.05, 3.63) is 58.7 Å². The number of hydrogen-bond acceptors (Lipinski definition) is 3. The van der Waals surface area contributed by atoms with Crippen molar-refractivity contribution in [2.45, 2.75) is 19.9 Å². The Hall–Kier alpha value is -2.47. The predicted octanol–water partition coefficient (Wildman–Crippen LogP) is 3.01. The highest BCUT2D eigenvalue weighted by molar-refractivity contribution is 5.67. The van der Waals surface area contributed by atoms with E-state index >= 15 is 0 Å². The van der Waals surface area contributed by atoms with Gasteiger partial charge in [-0.15, -0.1) is 0 Å².